The van der Waals surface area contributed by atoms with E-state index in [4.69, 9.17) is 9.47 Å². The summed E-state index contributed by atoms with van der Waals surface area (Å²) >= 11 is 0. The number of fused-ring (bicyclic) bond motifs is 1. The van der Waals surface area contributed by atoms with Gasteiger partial charge in [-0.1, -0.05) is 18.2 Å². The monoisotopic (exact) mass is 416 g/mol. The lowest BCUT2D eigenvalue weighted by atomic mass is 10.2. The minimum absolute atomic E-state index is 0.137. The van der Waals surface area contributed by atoms with Crippen molar-refractivity contribution in [3.8, 4) is 5.75 Å². The van der Waals surface area contributed by atoms with Gasteiger partial charge in [0.15, 0.2) is 0 Å². The molecule has 0 aliphatic heterocycles. The van der Waals surface area contributed by atoms with Crippen molar-refractivity contribution in [1.29, 1.82) is 0 Å². The summed E-state index contributed by atoms with van der Waals surface area (Å²) in [7, 11) is 1.56. The molecule has 156 valence electrons. The fourth-order valence-corrected chi connectivity index (χ4v) is 3.20. The van der Waals surface area contributed by atoms with E-state index in [0.29, 0.717) is 28.6 Å². The minimum atomic E-state index is -0.586. The van der Waals surface area contributed by atoms with Gasteiger partial charge in [0.2, 0.25) is 0 Å². The van der Waals surface area contributed by atoms with Crippen LogP contribution in [0.5, 0.6) is 5.75 Å². The third-order valence-electron chi connectivity index (χ3n) is 4.67. The van der Waals surface area contributed by atoms with Crippen LogP contribution in [-0.4, -0.2) is 27.4 Å². The molecule has 8 nitrogen and oxygen atoms in total. The molecule has 0 bridgehead atoms. The standard InChI is InChI=1S/C23H20N4O4/c1-15-7-5-11-20-25-16(13-21(28)27(15)20)14-31-23(29)17-8-6-12-24-22(17)26-18-9-3-4-10-19(18)30-2/h3-13H,14H2,1-2H3,(H,24,26). The molecular weight excluding hydrogens is 396 g/mol. The van der Waals surface area contributed by atoms with Crippen LogP contribution in [0.3, 0.4) is 0 Å². The topological polar surface area (TPSA) is 94.8 Å². The van der Waals surface area contributed by atoms with Crippen LogP contribution in [0.15, 0.2) is 71.7 Å². The number of hydrogen-bond donors (Lipinski definition) is 1. The number of esters is 1. The van der Waals surface area contributed by atoms with Crippen LogP contribution in [-0.2, 0) is 11.3 Å². The van der Waals surface area contributed by atoms with Crippen molar-refractivity contribution >= 4 is 23.1 Å². The van der Waals surface area contributed by atoms with E-state index < -0.39 is 5.97 Å². The van der Waals surface area contributed by atoms with Gasteiger partial charge in [-0.05, 0) is 43.3 Å². The van der Waals surface area contributed by atoms with E-state index in [2.05, 4.69) is 15.3 Å². The molecule has 0 amide bonds. The maximum Gasteiger partial charge on any atom is 0.342 e. The van der Waals surface area contributed by atoms with E-state index in [-0.39, 0.29) is 17.7 Å². The predicted octanol–water partition coefficient (Wildman–Crippen LogP) is 3.51. The zero-order valence-corrected chi connectivity index (χ0v) is 17.0. The Morgan fingerprint density at radius 1 is 1.10 bits per heavy atom. The molecule has 0 unspecified atom stereocenters. The Morgan fingerprint density at radius 2 is 1.94 bits per heavy atom. The van der Waals surface area contributed by atoms with Crippen LogP contribution in [0.1, 0.15) is 21.7 Å². The molecule has 3 aromatic heterocycles. The summed E-state index contributed by atoms with van der Waals surface area (Å²) < 4.78 is 12.3. The van der Waals surface area contributed by atoms with Crippen molar-refractivity contribution in [2.75, 3.05) is 12.4 Å². The largest absolute Gasteiger partial charge is 0.495 e. The highest BCUT2D eigenvalue weighted by Gasteiger charge is 2.16. The Hall–Kier alpha value is -4.20. The number of carbonyl (C=O) groups excluding carboxylic acids is 1. The number of benzene rings is 1. The van der Waals surface area contributed by atoms with Crippen LogP contribution in [0.25, 0.3) is 5.65 Å². The summed E-state index contributed by atoms with van der Waals surface area (Å²) in [6.45, 7) is 1.69. The average molecular weight is 416 g/mol. The van der Waals surface area contributed by atoms with Gasteiger partial charge in [0.05, 0.1) is 18.5 Å². The van der Waals surface area contributed by atoms with Crippen molar-refractivity contribution in [2.45, 2.75) is 13.5 Å². The molecule has 0 radical (unpaired) electrons. The quantitative estimate of drug-likeness (QED) is 0.481. The number of rotatable bonds is 6. The summed E-state index contributed by atoms with van der Waals surface area (Å²) in [5.41, 5.74) is 2.33. The number of nitrogens with zero attached hydrogens (tertiary/aromatic N) is 3. The number of carbonyl (C=O) groups is 1. The molecule has 4 aromatic rings. The molecule has 4 rings (SSSR count). The molecule has 0 aliphatic carbocycles. The second-order valence-corrected chi connectivity index (χ2v) is 6.75. The lowest BCUT2D eigenvalue weighted by molar-refractivity contribution is 0.0468. The first-order chi connectivity index (χ1) is 15.1. The van der Waals surface area contributed by atoms with Crippen molar-refractivity contribution in [3.05, 3.63) is 94.2 Å². The zero-order valence-electron chi connectivity index (χ0n) is 17.0. The first-order valence-corrected chi connectivity index (χ1v) is 9.57. The molecule has 0 atom stereocenters. The molecule has 0 fully saturated rings. The van der Waals surface area contributed by atoms with Gasteiger partial charge in [0, 0.05) is 18.0 Å². The molecular formula is C23H20N4O4. The number of hydrogen-bond acceptors (Lipinski definition) is 7. The maximum absolute atomic E-state index is 12.7. The van der Waals surface area contributed by atoms with E-state index in [9.17, 15) is 9.59 Å². The Labute approximate surface area is 178 Å². The lowest BCUT2D eigenvalue weighted by Crippen LogP contribution is -2.18. The van der Waals surface area contributed by atoms with Gasteiger partial charge in [-0.15, -0.1) is 0 Å². The number of aryl methyl sites for hydroxylation is 1. The maximum atomic E-state index is 12.7. The molecule has 0 spiro atoms. The Morgan fingerprint density at radius 3 is 2.77 bits per heavy atom. The van der Waals surface area contributed by atoms with Gasteiger partial charge in [-0.2, -0.15) is 0 Å². The van der Waals surface area contributed by atoms with Crippen LogP contribution < -0.4 is 15.6 Å². The van der Waals surface area contributed by atoms with Crippen LogP contribution >= 0.6 is 0 Å². The van der Waals surface area contributed by atoms with Crippen LogP contribution in [0.2, 0.25) is 0 Å². The number of aromatic nitrogens is 3. The average Bonchev–Trinajstić information content (AvgIpc) is 2.78. The zero-order chi connectivity index (χ0) is 21.8. The smallest absolute Gasteiger partial charge is 0.342 e. The Kier molecular flexibility index (Phi) is 5.61. The first kappa shape index (κ1) is 20.1. The minimum Gasteiger partial charge on any atom is -0.495 e. The SMILES string of the molecule is COc1ccccc1Nc1ncccc1C(=O)OCc1cc(=O)n2c(C)cccc2n1. The second-order valence-electron chi connectivity index (χ2n) is 6.75. The summed E-state index contributed by atoms with van der Waals surface area (Å²) in [4.78, 5) is 33.8. The Balaban J connectivity index is 1.55. The molecule has 0 aliphatic rings. The number of methoxy groups -OCH3 is 1. The van der Waals surface area contributed by atoms with E-state index in [1.54, 1.807) is 37.6 Å². The number of ether oxygens (including phenoxy) is 2. The summed E-state index contributed by atoms with van der Waals surface area (Å²) in [5.74, 6) is 0.361. The van der Waals surface area contributed by atoms with Gasteiger partial charge < -0.3 is 14.8 Å². The van der Waals surface area contributed by atoms with Gasteiger partial charge in [-0.3, -0.25) is 9.20 Å². The summed E-state index contributed by atoms with van der Waals surface area (Å²) in [6, 6.07) is 17.3. The predicted molar refractivity (Wildman–Crippen MR) is 116 cm³/mol. The summed E-state index contributed by atoms with van der Waals surface area (Å²) in [5, 5.41) is 3.10. The summed E-state index contributed by atoms with van der Waals surface area (Å²) in [6.07, 6.45) is 1.57. The first-order valence-electron chi connectivity index (χ1n) is 9.57. The van der Waals surface area contributed by atoms with Crippen molar-refractivity contribution in [1.82, 2.24) is 14.4 Å². The third kappa shape index (κ3) is 4.23. The van der Waals surface area contributed by atoms with Crippen LogP contribution in [0, 0.1) is 6.92 Å². The fraction of sp³-hybridized carbons (Fsp3) is 0.130. The second kappa shape index (κ2) is 8.66. The molecule has 8 heteroatoms. The van der Waals surface area contributed by atoms with Gasteiger partial charge in [0.25, 0.3) is 5.56 Å². The Bertz CT molecular complexity index is 1320. The van der Waals surface area contributed by atoms with E-state index >= 15 is 0 Å². The van der Waals surface area contributed by atoms with E-state index in [0.717, 1.165) is 5.69 Å². The molecule has 1 aromatic carbocycles. The lowest BCUT2D eigenvalue weighted by Gasteiger charge is -2.13. The highest BCUT2D eigenvalue weighted by atomic mass is 16.5. The van der Waals surface area contributed by atoms with E-state index in [1.165, 1.54) is 10.5 Å². The number of nitrogens with one attached hydrogen (secondary N) is 1. The van der Waals surface area contributed by atoms with Gasteiger partial charge in [0.1, 0.15) is 29.4 Å². The number of para-hydroxylation sites is 2. The molecule has 31 heavy (non-hydrogen) atoms. The molecule has 0 saturated heterocycles. The third-order valence-corrected chi connectivity index (χ3v) is 4.67. The van der Waals surface area contributed by atoms with Gasteiger partial charge >= 0.3 is 5.97 Å². The number of pyridine rings is 2. The number of anilines is 2. The highest BCUT2D eigenvalue weighted by Crippen LogP contribution is 2.27. The van der Waals surface area contributed by atoms with E-state index in [1.807, 2.05) is 37.3 Å². The van der Waals surface area contributed by atoms with Crippen molar-refractivity contribution < 1.29 is 14.3 Å². The molecule has 3 heterocycles. The van der Waals surface area contributed by atoms with Crippen molar-refractivity contribution in [2.24, 2.45) is 0 Å². The molecule has 1 N–H and O–H groups in total. The van der Waals surface area contributed by atoms with Gasteiger partial charge in [-0.25, -0.2) is 14.8 Å². The normalized spacial score (nSPS) is 10.6. The fourth-order valence-electron chi connectivity index (χ4n) is 3.20. The highest BCUT2D eigenvalue weighted by molar-refractivity contribution is 5.95. The van der Waals surface area contributed by atoms with Crippen LogP contribution in [0.4, 0.5) is 11.5 Å². The van der Waals surface area contributed by atoms with Crippen molar-refractivity contribution in [3.63, 3.8) is 0 Å². The molecule has 0 saturated carbocycles.